The van der Waals surface area contributed by atoms with Gasteiger partial charge in [0.25, 0.3) is 0 Å². The summed E-state index contributed by atoms with van der Waals surface area (Å²) < 4.78 is 0. The minimum atomic E-state index is 0.119. The molecule has 3 N–H and O–H groups in total. The van der Waals surface area contributed by atoms with Crippen LogP contribution in [0.25, 0.3) is 0 Å². The van der Waals surface area contributed by atoms with Gasteiger partial charge in [0.1, 0.15) is 0 Å². The van der Waals surface area contributed by atoms with E-state index in [1.54, 1.807) is 0 Å². The molecule has 1 aliphatic carbocycles. The standard InChI is InChI=1S/C13H19NOS/c14-12-3-1-2-4-13(12)16-11-7-5-10(9-15)6-8-11/h5-8,12-13,15H,1-4,9,14H2. The van der Waals surface area contributed by atoms with Crippen molar-refractivity contribution < 1.29 is 5.11 Å². The molecule has 0 aliphatic heterocycles. The second-order valence-electron chi connectivity index (χ2n) is 4.41. The first-order valence-electron chi connectivity index (χ1n) is 5.91. The number of aliphatic hydroxyl groups excluding tert-OH is 1. The second kappa shape index (κ2) is 5.71. The minimum absolute atomic E-state index is 0.119. The van der Waals surface area contributed by atoms with Crippen LogP contribution in [0.3, 0.4) is 0 Å². The molecule has 16 heavy (non-hydrogen) atoms. The van der Waals surface area contributed by atoms with Crippen molar-refractivity contribution in [3.05, 3.63) is 29.8 Å². The lowest BCUT2D eigenvalue weighted by Crippen LogP contribution is -2.35. The molecule has 0 radical (unpaired) electrons. The minimum Gasteiger partial charge on any atom is -0.392 e. The van der Waals surface area contributed by atoms with Gasteiger partial charge in [-0.25, -0.2) is 0 Å². The van der Waals surface area contributed by atoms with Gasteiger partial charge < -0.3 is 10.8 Å². The average Bonchev–Trinajstić information content (AvgIpc) is 2.33. The fourth-order valence-electron chi connectivity index (χ4n) is 2.12. The van der Waals surface area contributed by atoms with Crippen LogP contribution in [0.4, 0.5) is 0 Å². The van der Waals surface area contributed by atoms with E-state index in [1.807, 2.05) is 23.9 Å². The van der Waals surface area contributed by atoms with Gasteiger partial charge in [0.05, 0.1) is 6.61 Å². The topological polar surface area (TPSA) is 46.2 Å². The van der Waals surface area contributed by atoms with Crippen LogP contribution in [0.15, 0.2) is 29.2 Å². The maximum atomic E-state index is 8.97. The molecule has 0 aromatic heterocycles. The van der Waals surface area contributed by atoms with Gasteiger partial charge in [-0.05, 0) is 30.5 Å². The lowest BCUT2D eigenvalue weighted by atomic mass is 9.96. The van der Waals surface area contributed by atoms with E-state index in [1.165, 1.54) is 24.2 Å². The zero-order chi connectivity index (χ0) is 11.4. The number of rotatable bonds is 3. The zero-order valence-corrected chi connectivity index (χ0v) is 10.2. The Balaban J connectivity index is 1.96. The highest BCUT2D eigenvalue weighted by atomic mass is 32.2. The first-order chi connectivity index (χ1) is 7.79. The molecule has 0 spiro atoms. The van der Waals surface area contributed by atoms with E-state index in [2.05, 4.69) is 12.1 Å². The summed E-state index contributed by atoms with van der Waals surface area (Å²) in [7, 11) is 0. The molecule has 88 valence electrons. The number of benzene rings is 1. The Morgan fingerprint density at radius 1 is 1.19 bits per heavy atom. The number of nitrogens with two attached hydrogens (primary N) is 1. The average molecular weight is 237 g/mol. The van der Waals surface area contributed by atoms with Crippen LogP contribution in [0, 0.1) is 0 Å². The van der Waals surface area contributed by atoms with Gasteiger partial charge in [-0.1, -0.05) is 25.0 Å². The molecule has 1 aromatic carbocycles. The van der Waals surface area contributed by atoms with Gasteiger partial charge >= 0.3 is 0 Å². The summed E-state index contributed by atoms with van der Waals surface area (Å²) in [6, 6.07) is 8.47. The molecule has 0 amide bonds. The van der Waals surface area contributed by atoms with Gasteiger partial charge in [-0.15, -0.1) is 11.8 Å². The molecule has 0 saturated heterocycles. The van der Waals surface area contributed by atoms with E-state index < -0.39 is 0 Å². The first kappa shape index (κ1) is 12.0. The van der Waals surface area contributed by atoms with E-state index >= 15 is 0 Å². The number of hydrogen-bond acceptors (Lipinski definition) is 3. The molecule has 2 unspecified atom stereocenters. The molecular weight excluding hydrogens is 218 g/mol. The third-order valence-corrected chi connectivity index (χ3v) is 4.58. The summed E-state index contributed by atoms with van der Waals surface area (Å²) in [5.41, 5.74) is 7.09. The van der Waals surface area contributed by atoms with Crippen molar-refractivity contribution >= 4 is 11.8 Å². The highest BCUT2D eigenvalue weighted by Gasteiger charge is 2.22. The highest BCUT2D eigenvalue weighted by Crippen LogP contribution is 2.33. The van der Waals surface area contributed by atoms with Gasteiger partial charge in [-0.2, -0.15) is 0 Å². The summed E-state index contributed by atoms with van der Waals surface area (Å²) in [5, 5.41) is 9.53. The number of hydrogen-bond donors (Lipinski definition) is 2. The lowest BCUT2D eigenvalue weighted by molar-refractivity contribution is 0.282. The fourth-order valence-corrected chi connectivity index (χ4v) is 3.36. The molecule has 2 rings (SSSR count). The SMILES string of the molecule is NC1CCCCC1Sc1ccc(CO)cc1. The van der Waals surface area contributed by atoms with Gasteiger partial charge in [0, 0.05) is 16.2 Å². The smallest absolute Gasteiger partial charge is 0.0681 e. The number of thioether (sulfide) groups is 1. The normalized spacial score (nSPS) is 25.6. The van der Waals surface area contributed by atoms with Gasteiger partial charge in [0.2, 0.25) is 0 Å². The summed E-state index contributed by atoms with van der Waals surface area (Å²) in [6.07, 6.45) is 4.97. The van der Waals surface area contributed by atoms with Crippen molar-refractivity contribution in [1.82, 2.24) is 0 Å². The van der Waals surface area contributed by atoms with Gasteiger partial charge in [-0.3, -0.25) is 0 Å². The monoisotopic (exact) mass is 237 g/mol. The molecule has 1 aliphatic rings. The van der Waals surface area contributed by atoms with Crippen molar-refractivity contribution in [3.8, 4) is 0 Å². The van der Waals surface area contributed by atoms with Crippen LogP contribution >= 0.6 is 11.8 Å². The Morgan fingerprint density at radius 2 is 1.88 bits per heavy atom. The van der Waals surface area contributed by atoms with E-state index in [0.29, 0.717) is 11.3 Å². The maximum absolute atomic E-state index is 8.97. The Hall–Kier alpha value is -0.510. The van der Waals surface area contributed by atoms with Crippen LogP contribution in [-0.2, 0) is 6.61 Å². The Morgan fingerprint density at radius 3 is 2.50 bits per heavy atom. The van der Waals surface area contributed by atoms with Gasteiger partial charge in [0.15, 0.2) is 0 Å². The Kier molecular flexibility index (Phi) is 4.27. The third kappa shape index (κ3) is 3.00. The quantitative estimate of drug-likeness (QED) is 0.849. The molecule has 1 fully saturated rings. The molecule has 3 heteroatoms. The predicted molar refractivity (Wildman–Crippen MR) is 68.5 cm³/mol. The summed E-state index contributed by atoms with van der Waals surface area (Å²) >= 11 is 1.89. The Bertz CT molecular complexity index is 325. The van der Waals surface area contributed by atoms with Crippen molar-refractivity contribution in [2.24, 2.45) is 5.73 Å². The molecule has 2 nitrogen and oxygen atoms in total. The van der Waals surface area contributed by atoms with Crippen molar-refractivity contribution in [1.29, 1.82) is 0 Å². The lowest BCUT2D eigenvalue weighted by Gasteiger charge is -2.27. The molecule has 2 atom stereocenters. The largest absolute Gasteiger partial charge is 0.392 e. The molecule has 0 bridgehead atoms. The van der Waals surface area contributed by atoms with Crippen LogP contribution in [0.5, 0.6) is 0 Å². The third-order valence-electron chi connectivity index (χ3n) is 3.15. The van der Waals surface area contributed by atoms with E-state index in [9.17, 15) is 0 Å². The van der Waals surface area contributed by atoms with Crippen LogP contribution in [0.1, 0.15) is 31.2 Å². The molecule has 1 aromatic rings. The molecular formula is C13H19NOS. The zero-order valence-electron chi connectivity index (χ0n) is 9.43. The van der Waals surface area contributed by atoms with E-state index in [0.717, 1.165) is 12.0 Å². The molecule has 1 saturated carbocycles. The number of aliphatic hydroxyl groups is 1. The summed E-state index contributed by atoms with van der Waals surface area (Å²) in [6.45, 7) is 0.119. The van der Waals surface area contributed by atoms with E-state index in [4.69, 9.17) is 10.8 Å². The van der Waals surface area contributed by atoms with Crippen molar-refractivity contribution in [2.45, 2.75) is 48.5 Å². The predicted octanol–water partition coefficient (Wildman–Crippen LogP) is 2.54. The Labute approximate surface area is 101 Å². The van der Waals surface area contributed by atoms with E-state index in [-0.39, 0.29) is 6.61 Å². The maximum Gasteiger partial charge on any atom is 0.0681 e. The highest BCUT2D eigenvalue weighted by molar-refractivity contribution is 8.00. The summed E-state index contributed by atoms with van der Waals surface area (Å²) in [5.74, 6) is 0. The van der Waals surface area contributed by atoms with Crippen LogP contribution in [-0.4, -0.2) is 16.4 Å². The molecule has 0 heterocycles. The van der Waals surface area contributed by atoms with Crippen LogP contribution < -0.4 is 5.73 Å². The summed E-state index contributed by atoms with van der Waals surface area (Å²) in [4.78, 5) is 1.26. The first-order valence-corrected chi connectivity index (χ1v) is 6.79. The second-order valence-corrected chi connectivity index (χ2v) is 5.72. The van der Waals surface area contributed by atoms with Crippen molar-refractivity contribution in [3.63, 3.8) is 0 Å². The fraction of sp³-hybridized carbons (Fsp3) is 0.538. The van der Waals surface area contributed by atoms with Crippen LogP contribution in [0.2, 0.25) is 0 Å². The van der Waals surface area contributed by atoms with Crippen molar-refractivity contribution in [2.75, 3.05) is 0 Å².